The van der Waals surface area contributed by atoms with Crippen LogP contribution in [0.5, 0.6) is 0 Å². The van der Waals surface area contributed by atoms with Crippen LogP contribution in [0.2, 0.25) is 0 Å². The Hall–Kier alpha value is -1.73. The van der Waals surface area contributed by atoms with E-state index in [-0.39, 0.29) is 5.91 Å². The van der Waals surface area contributed by atoms with Gasteiger partial charge in [0.25, 0.3) is 5.91 Å². The van der Waals surface area contributed by atoms with Gasteiger partial charge in [0.15, 0.2) is 0 Å². The number of hydrogen-bond acceptors (Lipinski definition) is 6. The molecule has 7 nitrogen and oxygen atoms in total. The maximum atomic E-state index is 12.4. The van der Waals surface area contributed by atoms with Crippen LogP contribution in [0.15, 0.2) is 12.4 Å². The Labute approximate surface area is 131 Å². The lowest BCUT2D eigenvalue weighted by molar-refractivity contribution is 0.0658. The lowest BCUT2D eigenvalue weighted by atomic mass is 10.3. The van der Waals surface area contributed by atoms with E-state index in [0.717, 1.165) is 58.2 Å². The molecule has 0 bridgehead atoms. The zero-order chi connectivity index (χ0) is 15.5. The molecule has 0 aromatic carbocycles. The molecule has 2 aliphatic heterocycles. The second-order valence-electron chi connectivity index (χ2n) is 6.15. The number of nitrogens with zero attached hydrogens (tertiary/aromatic N) is 6. The molecular weight excluding hydrogens is 280 g/mol. The fraction of sp³-hybridized carbons (Fsp3) is 0.667. The standard InChI is InChI=1S/C15H24N6O/c1-18-3-7-20(8-4-18)14-12-16-13(11-17-14)15(22)21-9-5-19(2)6-10-21/h11-12H,3-10H2,1-2H3. The molecule has 1 aromatic heterocycles. The van der Waals surface area contributed by atoms with E-state index in [4.69, 9.17) is 0 Å². The second kappa shape index (κ2) is 6.58. The first kappa shape index (κ1) is 15.2. The molecule has 0 atom stereocenters. The highest BCUT2D eigenvalue weighted by atomic mass is 16.2. The number of hydrogen-bond donors (Lipinski definition) is 0. The van der Waals surface area contributed by atoms with Gasteiger partial charge in [-0.25, -0.2) is 9.97 Å². The molecule has 0 radical (unpaired) electrons. The van der Waals surface area contributed by atoms with Crippen molar-refractivity contribution in [1.82, 2.24) is 24.7 Å². The minimum atomic E-state index is -0.00877. The highest BCUT2D eigenvalue weighted by Crippen LogP contribution is 2.13. The summed E-state index contributed by atoms with van der Waals surface area (Å²) in [7, 11) is 4.20. The molecule has 22 heavy (non-hydrogen) atoms. The van der Waals surface area contributed by atoms with Gasteiger partial charge in [0.05, 0.1) is 12.4 Å². The van der Waals surface area contributed by atoms with Crippen molar-refractivity contribution in [2.45, 2.75) is 0 Å². The molecule has 7 heteroatoms. The van der Waals surface area contributed by atoms with Crippen LogP contribution in [0.4, 0.5) is 5.82 Å². The molecule has 1 amide bonds. The zero-order valence-corrected chi connectivity index (χ0v) is 13.4. The normalized spacial score (nSPS) is 21.2. The number of piperazine rings is 2. The van der Waals surface area contributed by atoms with Gasteiger partial charge in [-0.1, -0.05) is 0 Å². The highest BCUT2D eigenvalue weighted by Gasteiger charge is 2.22. The average Bonchev–Trinajstić information content (AvgIpc) is 2.56. The summed E-state index contributed by atoms with van der Waals surface area (Å²) in [6.07, 6.45) is 3.35. The van der Waals surface area contributed by atoms with E-state index in [1.54, 1.807) is 12.4 Å². The first-order valence-electron chi connectivity index (χ1n) is 7.87. The third-order valence-electron chi connectivity index (χ3n) is 4.48. The number of anilines is 1. The third-order valence-corrected chi connectivity index (χ3v) is 4.48. The van der Waals surface area contributed by atoms with Crippen molar-refractivity contribution in [2.75, 3.05) is 71.4 Å². The van der Waals surface area contributed by atoms with Gasteiger partial charge < -0.3 is 19.6 Å². The van der Waals surface area contributed by atoms with E-state index in [2.05, 4.69) is 38.8 Å². The van der Waals surface area contributed by atoms with Gasteiger partial charge in [-0.2, -0.15) is 0 Å². The Morgan fingerprint density at radius 2 is 1.45 bits per heavy atom. The summed E-state index contributed by atoms with van der Waals surface area (Å²) in [4.78, 5) is 29.8. The minimum Gasteiger partial charge on any atom is -0.353 e. The fourth-order valence-corrected chi connectivity index (χ4v) is 2.80. The van der Waals surface area contributed by atoms with Crippen LogP contribution < -0.4 is 4.90 Å². The average molecular weight is 304 g/mol. The quantitative estimate of drug-likeness (QED) is 0.742. The Balaban J connectivity index is 1.62. The number of amides is 1. The molecule has 2 aliphatic rings. The molecule has 0 unspecified atom stereocenters. The van der Waals surface area contributed by atoms with E-state index in [1.165, 1.54) is 0 Å². The summed E-state index contributed by atoms with van der Waals surface area (Å²) in [6, 6.07) is 0. The topological polar surface area (TPSA) is 55.8 Å². The van der Waals surface area contributed by atoms with Crippen molar-refractivity contribution in [2.24, 2.45) is 0 Å². The van der Waals surface area contributed by atoms with Gasteiger partial charge in [-0.3, -0.25) is 4.79 Å². The lowest BCUT2D eigenvalue weighted by Crippen LogP contribution is -2.47. The number of carbonyl (C=O) groups is 1. The second-order valence-corrected chi connectivity index (χ2v) is 6.15. The van der Waals surface area contributed by atoms with Crippen molar-refractivity contribution < 1.29 is 4.79 Å². The molecule has 0 N–H and O–H groups in total. The summed E-state index contributed by atoms with van der Waals surface area (Å²) in [5.74, 6) is 0.855. The Bertz CT molecular complexity index is 503. The summed E-state index contributed by atoms with van der Waals surface area (Å²) >= 11 is 0. The van der Waals surface area contributed by atoms with Crippen LogP contribution in [0, 0.1) is 0 Å². The molecule has 2 saturated heterocycles. The molecule has 0 spiro atoms. The summed E-state index contributed by atoms with van der Waals surface area (Å²) in [6.45, 7) is 7.33. The van der Waals surface area contributed by atoms with Crippen LogP contribution in [-0.4, -0.2) is 97.0 Å². The molecule has 3 rings (SSSR count). The number of likely N-dealkylation sites (N-methyl/N-ethyl adjacent to an activating group) is 2. The first-order valence-corrected chi connectivity index (χ1v) is 7.87. The summed E-state index contributed by atoms with van der Waals surface area (Å²) in [5, 5.41) is 0. The molecule has 0 saturated carbocycles. The van der Waals surface area contributed by atoms with Crippen LogP contribution in [-0.2, 0) is 0 Å². The van der Waals surface area contributed by atoms with Crippen molar-refractivity contribution in [3.05, 3.63) is 18.1 Å². The summed E-state index contributed by atoms with van der Waals surface area (Å²) in [5.41, 5.74) is 0.447. The van der Waals surface area contributed by atoms with Gasteiger partial charge >= 0.3 is 0 Å². The maximum absolute atomic E-state index is 12.4. The van der Waals surface area contributed by atoms with Crippen LogP contribution in [0.3, 0.4) is 0 Å². The van der Waals surface area contributed by atoms with Crippen molar-refractivity contribution in [3.8, 4) is 0 Å². The minimum absolute atomic E-state index is 0.00877. The third kappa shape index (κ3) is 3.36. The fourth-order valence-electron chi connectivity index (χ4n) is 2.80. The first-order chi connectivity index (χ1) is 10.6. The monoisotopic (exact) mass is 304 g/mol. The van der Waals surface area contributed by atoms with E-state index in [0.29, 0.717) is 5.69 Å². The van der Waals surface area contributed by atoms with Crippen LogP contribution in [0.1, 0.15) is 10.5 Å². The van der Waals surface area contributed by atoms with Crippen molar-refractivity contribution in [1.29, 1.82) is 0 Å². The van der Waals surface area contributed by atoms with Gasteiger partial charge in [0, 0.05) is 52.4 Å². The Morgan fingerprint density at radius 1 is 0.864 bits per heavy atom. The molecule has 3 heterocycles. The van der Waals surface area contributed by atoms with Crippen LogP contribution >= 0.6 is 0 Å². The highest BCUT2D eigenvalue weighted by molar-refractivity contribution is 5.92. The smallest absolute Gasteiger partial charge is 0.274 e. The Morgan fingerprint density at radius 3 is 2.00 bits per heavy atom. The van der Waals surface area contributed by atoms with Crippen LogP contribution in [0.25, 0.3) is 0 Å². The number of carbonyl (C=O) groups excluding carboxylic acids is 1. The molecule has 1 aromatic rings. The SMILES string of the molecule is CN1CCN(C(=O)c2cnc(N3CCN(C)CC3)cn2)CC1. The zero-order valence-electron chi connectivity index (χ0n) is 13.4. The van der Waals surface area contributed by atoms with E-state index >= 15 is 0 Å². The van der Waals surface area contributed by atoms with Gasteiger partial charge in [-0.05, 0) is 14.1 Å². The molecule has 120 valence electrons. The van der Waals surface area contributed by atoms with Crippen molar-refractivity contribution >= 4 is 11.7 Å². The number of rotatable bonds is 2. The van der Waals surface area contributed by atoms with E-state index in [9.17, 15) is 4.79 Å². The molecule has 2 fully saturated rings. The van der Waals surface area contributed by atoms with Crippen molar-refractivity contribution in [3.63, 3.8) is 0 Å². The van der Waals surface area contributed by atoms with E-state index in [1.807, 2.05) is 4.90 Å². The molecular formula is C15H24N6O. The Kier molecular flexibility index (Phi) is 4.54. The summed E-state index contributed by atoms with van der Waals surface area (Å²) < 4.78 is 0. The van der Waals surface area contributed by atoms with E-state index < -0.39 is 0 Å². The van der Waals surface area contributed by atoms with Gasteiger partial charge in [0.1, 0.15) is 11.5 Å². The number of aromatic nitrogens is 2. The van der Waals surface area contributed by atoms with Gasteiger partial charge in [0.2, 0.25) is 0 Å². The maximum Gasteiger partial charge on any atom is 0.274 e. The molecule has 0 aliphatic carbocycles. The lowest BCUT2D eigenvalue weighted by Gasteiger charge is -2.33. The predicted octanol–water partition coefficient (Wildman–Crippen LogP) is -0.384. The largest absolute Gasteiger partial charge is 0.353 e. The predicted molar refractivity (Wildman–Crippen MR) is 85.1 cm³/mol. The van der Waals surface area contributed by atoms with Gasteiger partial charge in [-0.15, -0.1) is 0 Å².